The van der Waals surface area contributed by atoms with Crippen LogP contribution < -0.4 is 5.56 Å². The van der Waals surface area contributed by atoms with Gasteiger partial charge in [-0.05, 0) is 42.0 Å². The molecular weight excluding hydrogens is 412 g/mol. The normalized spacial score (nSPS) is 12.1. The molecule has 0 aliphatic carbocycles. The van der Waals surface area contributed by atoms with Crippen LogP contribution in [0.2, 0.25) is 5.02 Å². The summed E-state index contributed by atoms with van der Waals surface area (Å²) in [5.41, 5.74) is 1.39. The van der Waals surface area contributed by atoms with Gasteiger partial charge in [0, 0.05) is 21.9 Å². The molecule has 0 spiro atoms. The van der Waals surface area contributed by atoms with Gasteiger partial charge in [0.15, 0.2) is 0 Å². The second-order valence-corrected chi connectivity index (χ2v) is 7.85. The van der Waals surface area contributed by atoms with E-state index >= 15 is 0 Å². The van der Waals surface area contributed by atoms with Crippen LogP contribution in [0.25, 0.3) is 0 Å². The highest BCUT2D eigenvalue weighted by Crippen LogP contribution is 2.27. The van der Waals surface area contributed by atoms with E-state index in [-0.39, 0.29) is 5.56 Å². The smallest absolute Gasteiger partial charge is 0.264 e. The molecule has 0 fully saturated rings. The Kier molecular flexibility index (Phi) is 5.28. The Morgan fingerprint density at radius 2 is 1.96 bits per heavy atom. The fourth-order valence-corrected chi connectivity index (χ4v) is 4.26. The number of nitrogens with zero attached hydrogens (tertiary/aromatic N) is 1. The third-order valence-corrected chi connectivity index (χ3v) is 5.68. The Balaban J connectivity index is 1.92. The molecular formula is C17H12BrClN2O2S. The van der Waals surface area contributed by atoms with E-state index in [4.69, 9.17) is 11.6 Å². The van der Waals surface area contributed by atoms with Crippen molar-refractivity contribution in [2.45, 2.75) is 16.2 Å². The lowest BCUT2D eigenvalue weighted by Crippen LogP contribution is -2.07. The SMILES string of the molecule is O=c1ccc(Cc2ccc(Cl)c(S(=O)c3cccc(Br)c3)c2)n[nH]1. The van der Waals surface area contributed by atoms with Crippen LogP contribution in [0.1, 0.15) is 11.3 Å². The van der Waals surface area contributed by atoms with E-state index in [2.05, 4.69) is 26.1 Å². The van der Waals surface area contributed by atoms with Gasteiger partial charge in [0.05, 0.1) is 26.4 Å². The van der Waals surface area contributed by atoms with Crippen molar-refractivity contribution < 1.29 is 4.21 Å². The Morgan fingerprint density at radius 3 is 2.67 bits per heavy atom. The third-order valence-electron chi connectivity index (χ3n) is 3.33. The lowest BCUT2D eigenvalue weighted by Gasteiger charge is -2.08. The molecule has 2 aromatic carbocycles. The Morgan fingerprint density at radius 1 is 1.12 bits per heavy atom. The van der Waals surface area contributed by atoms with Gasteiger partial charge < -0.3 is 0 Å². The zero-order valence-electron chi connectivity index (χ0n) is 12.3. The maximum Gasteiger partial charge on any atom is 0.264 e. The molecule has 0 amide bonds. The van der Waals surface area contributed by atoms with E-state index in [1.807, 2.05) is 30.3 Å². The molecule has 24 heavy (non-hydrogen) atoms. The molecule has 3 rings (SSSR count). The van der Waals surface area contributed by atoms with Gasteiger partial charge in [-0.3, -0.25) is 4.79 Å². The summed E-state index contributed by atoms with van der Waals surface area (Å²) in [5.74, 6) is 0. The number of H-pyrrole nitrogens is 1. The molecule has 1 heterocycles. The van der Waals surface area contributed by atoms with Gasteiger partial charge in [0.2, 0.25) is 0 Å². The summed E-state index contributed by atoms with van der Waals surface area (Å²) in [4.78, 5) is 12.3. The van der Waals surface area contributed by atoms with Crippen molar-refractivity contribution >= 4 is 38.3 Å². The number of aromatic amines is 1. The summed E-state index contributed by atoms with van der Waals surface area (Å²) in [5, 5.41) is 6.84. The number of nitrogens with one attached hydrogen (secondary N) is 1. The first-order chi connectivity index (χ1) is 11.5. The topological polar surface area (TPSA) is 62.8 Å². The van der Waals surface area contributed by atoms with Crippen molar-refractivity contribution in [2.75, 3.05) is 0 Å². The molecule has 0 radical (unpaired) electrons. The molecule has 1 aromatic heterocycles. The van der Waals surface area contributed by atoms with Crippen molar-refractivity contribution in [1.29, 1.82) is 0 Å². The van der Waals surface area contributed by atoms with Crippen LogP contribution in [0, 0.1) is 0 Å². The fraction of sp³-hybridized carbons (Fsp3) is 0.0588. The molecule has 1 unspecified atom stereocenters. The average molecular weight is 424 g/mol. The standard InChI is InChI=1S/C17H12BrClN2O2S/c18-12-2-1-3-14(10-12)24(23)16-9-11(4-6-15(16)19)8-13-5-7-17(22)21-20-13/h1-7,9-10H,8H2,(H,21,22). The summed E-state index contributed by atoms with van der Waals surface area (Å²) < 4.78 is 13.7. The highest BCUT2D eigenvalue weighted by atomic mass is 79.9. The lowest BCUT2D eigenvalue weighted by atomic mass is 10.1. The number of hydrogen-bond donors (Lipinski definition) is 1. The van der Waals surface area contributed by atoms with Crippen LogP contribution in [0.4, 0.5) is 0 Å². The van der Waals surface area contributed by atoms with Crippen molar-refractivity contribution in [3.05, 3.63) is 85.7 Å². The van der Waals surface area contributed by atoms with Crippen molar-refractivity contribution in [2.24, 2.45) is 0 Å². The van der Waals surface area contributed by atoms with Crippen LogP contribution in [-0.2, 0) is 17.2 Å². The number of aromatic nitrogens is 2. The van der Waals surface area contributed by atoms with Gasteiger partial charge in [-0.25, -0.2) is 9.31 Å². The van der Waals surface area contributed by atoms with Crippen molar-refractivity contribution in [3.8, 4) is 0 Å². The highest BCUT2D eigenvalue weighted by molar-refractivity contribution is 9.10. The monoisotopic (exact) mass is 422 g/mol. The van der Waals surface area contributed by atoms with Gasteiger partial charge in [0.25, 0.3) is 5.56 Å². The first kappa shape index (κ1) is 17.1. The van der Waals surface area contributed by atoms with E-state index in [0.717, 1.165) is 15.7 Å². The predicted molar refractivity (Wildman–Crippen MR) is 97.9 cm³/mol. The van der Waals surface area contributed by atoms with E-state index in [9.17, 15) is 9.00 Å². The second kappa shape index (κ2) is 7.42. The second-order valence-electron chi connectivity index (χ2n) is 5.08. The number of hydrogen-bond acceptors (Lipinski definition) is 3. The summed E-state index contributed by atoms with van der Waals surface area (Å²) in [6.07, 6.45) is 0.511. The van der Waals surface area contributed by atoms with Crippen molar-refractivity contribution in [1.82, 2.24) is 10.2 Å². The summed E-state index contributed by atoms with van der Waals surface area (Å²) in [6, 6.07) is 15.8. The van der Waals surface area contributed by atoms with Crippen LogP contribution in [0.5, 0.6) is 0 Å². The minimum Gasteiger partial charge on any atom is -0.268 e. The first-order valence-corrected chi connectivity index (χ1v) is 9.35. The van der Waals surface area contributed by atoms with Crippen LogP contribution in [0.3, 0.4) is 0 Å². The number of rotatable bonds is 4. The Bertz CT molecular complexity index is 954. The van der Waals surface area contributed by atoms with E-state index in [1.165, 1.54) is 6.07 Å². The minimum absolute atomic E-state index is 0.244. The van der Waals surface area contributed by atoms with Crippen LogP contribution in [-0.4, -0.2) is 14.4 Å². The number of halogens is 2. The maximum atomic E-state index is 12.8. The molecule has 122 valence electrons. The zero-order chi connectivity index (χ0) is 17.1. The van der Waals surface area contributed by atoms with E-state index < -0.39 is 10.8 Å². The predicted octanol–water partition coefficient (Wildman–Crippen LogP) is 3.94. The van der Waals surface area contributed by atoms with E-state index in [0.29, 0.717) is 21.2 Å². The fourth-order valence-electron chi connectivity index (χ4n) is 2.19. The molecule has 0 saturated carbocycles. The molecule has 0 bridgehead atoms. The molecule has 1 N–H and O–H groups in total. The summed E-state index contributed by atoms with van der Waals surface area (Å²) in [6.45, 7) is 0. The molecule has 3 aromatic rings. The molecule has 0 saturated heterocycles. The Labute approximate surface area is 154 Å². The molecule has 0 aliphatic heterocycles. The molecule has 0 aliphatic rings. The maximum absolute atomic E-state index is 12.8. The first-order valence-electron chi connectivity index (χ1n) is 7.03. The van der Waals surface area contributed by atoms with Gasteiger partial charge in [0.1, 0.15) is 0 Å². The number of benzene rings is 2. The molecule has 7 heteroatoms. The molecule has 1 atom stereocenters. The minimum atomic E-state index is -1.38. The summed E-state index contributed by atoms with van der Waals surface area (Å²) >= 11 is 9.62. The molecule has 4 nitrogen and oxygen atoms in total. The van der Waals surface area contributed by atoms with Gasteiger partial charge >= 0.3 is 0 Å². The zero-order valence-corrected chi connectivity index (χ0v) is 15.5. The quantitative estimate of drug-likeness (QED) is 0.691. The van der Waals surface area contributed by atoms with Gasteiger partial charge in [-0.1, -0.05) is 39.7 Å². The third kappa shape index (κ3) is 4.01. The summed E-state index contributed by atoms with van der Waals surface area (Å²) in [7, 11) is -1.38. The lowest BCUT2D eigenvalue weighted by molar-refractivity contribution is 0.683. The van der Waals surface area contributed by atoms with Gasteiger partial charge in [-0.2, -0.15) is 5.10 Å². The van der Waals surface area contributed by atoms with Crippen LogP contribution in [0.15, 0.2) is 73.7 Å². The van der Waals surface area contributed by atoms with Crippen molar-refractivity contribution in [3.63, 3.8) is 0 Å². The van der Waals surface area contributed by atoms with E-state index in [1.54, 1.807) is 18.2 Å². The van der Waals surface area contributed by atoms with Crippen LogP contribution >= 0.6 is 27.5 Å². The average Bonchev–Trinajstić information content (AvgIpc) is 2.58. The van der Waals surface area contributed by atoms with Gasteiger partial charge in [-0.15, -0.1) is 0 Å². The largest absolute Gasteiger partial charge is 0.268 e. The highest BCUT2D eigenvalue weighted by Gasteiger charge is 2.13. The Hall–Kier alpha value is -1.76.